The fraction of sp³-hybridized carbons (Fsp3) is 0.522. The van der Waals surface area contributed by atoms with Gasteiger partial charge >= 0.3 is 0 Å². The molecule has 2 rings (SSSR count). The molecule has 1 aromatic heterocycles. The van der Waals surface area contributed by atoms with E-state index in [1.165, 1.54) is 6.26 Å². The van der Waals surface area contributed by atoms with Crippen molar-refractivity contribution in [3.05, 3.63) is 53.7 Å². The molecule has 0 saturated heterocycles. The second-order valence-corrected chi connectivity index (χ2v) is 7.21. The van der Waals surface area contributed by atoms with Gasteiger partial charge in [0, 0.05) is 40.5 Å². The summed E-state index contributed by atoms with van der Waals surface area (Å²) in [6.45, 7) is 4.32. The van der Waals surface area contributed by atoms with Crippen molar-refractivity contribution in [3.63, 3.8) is 0 Å². The number of benzene rings is 1. The van der Waals surface area contributed by atoms with E-state index in [9.17, 15) is 9.59 Å². The third-order valence-corrected chi connectivity index (χ3v) is 4.92. The Hall–Kier alpha value is -2.71. The van der Waals surface area contributed by atoms with Gasteiger partial charge in [0.1, 0.15) is 6.26 Å². The molecule has 1 heterocycles. The zero-order chi connectivity index (χ0) is 22.5. The van der Waals surface area contributed by atoms with Crippen LogP contribution in [0.5, 0.6) is 0 Å². The molecule has 0 aliphatic heterocycles. The summed E-state index contributed by atoms with van der Waals surface area (Å²) in [5, 5.41) is 2.78. The summed E-state index contributed by atoms with van der Waals surface area (Å²) in [6, 6.07) is 9.75. The van der Waals surface area contributed by atoms with Gasteiger partial charge in [0.15, 0.2) is 5.69 Å². The van der Waals surface area contributed by atoms with Crippen molar-refractivity contribution in [3.8, 4) is 0 Å². The largest absolute Gasteiger partial charge is 0.446 e. The van der Waals surface area contributed by atoms with Crippen LogP contribution in [0.2, 0.25) is 0 Å². The number of rotatable bonds is 14. The van der Waals surface area contributed by atoms with Gasteiger partial charge in [-0.1, -0.05) is 37.3 Å². The van der Waals surface area contributed by atoms with Crippen LogP contribution in [0.3, 0.4) is 0 Å². The van der Waals surface area contributed by atoms with E-state index < -0.39 is 0 Å². The van der Waals surface area contributed by atoms with Crippen molar-refractivity contribution in [1.29, 1.82) is 0 Å². The lowest BCUT2D eigenvalue weighted by molar-refractivity contribution is -0.134. The van der Waals surface area contributed by atoms with Gasteiger partial charge < -0.3 is 24.1 Å². The lowest BCUT2D eigenvalue weighted by atomic mass is 9.95. The molecule has 2 amide bonds. The van der Waals surface area contributed by atoms with E-state index >= 15 is 0 Å². The minimum absolute atomic E-state index is 0.00794. The van der Waals surface area contributed by atoms with Crippen LogP contribution in [0, 0.1) is 0 Å². The van der Waals surface area contributed by atoms with E-state index in [0.29, 0.717) is 51.5 Å². The number of hydrogen-bond acceptors (Lipinski definition) is 6. The van der Waals surface area contributed by atoms with Crippen LogP contribution < -0.4 is 5.32 Å². The molecule has 170 valence electrons. The number of ether oxygens (including phenoxy) is 2. The van der Waals surface area contributed by atoms with E-state index in [0.717, 1.165) is 5.56 Å². The summed E-state index contributed by atoms with van der Waals surface area (Å²) in [4.78, 5) is 31.6. The topological polar surface area (TPSA) is 93.9 Å². The lowest BCUT2D eigenvalue weighted by Gasteiger charge is -2.26. The van der Waals surface area contributed by atoms with Crippen molar-refractivity contribution >= 4 is 11.8 Å². The Kier molecular flexibility index (Phi) is 10.7. The number of aromatic nitrogens is 1. The Labute approximate surface area is 183 Å². The summed E-state index contributed by atoms with van der Waals surface area (Å²) in [5.74, 6) is -0.217. The zero-order valence-corrected chi connectivity index (χ0v) is 18.6. The first-order valence-corrected chi connectivity index (χ1v) is 10.6. The normalized spacial score (nSPS) is 11.8. The molecular weight excluding hydrogens is 398 g/mol. The van der Waals surface area contributed by atoms with Crippen molar-refractivity contribution in [2.75, 3.05) is 40.5 Å². The first kappa shape index (κ1) is 24.6. The van der Waals surface area contributed by atoms with Gasteiger partial charge in [-0.2, -0.15) is 0 Å². The minimum Gasteiger partial charge on any atom is -0.446 e. The van der Waals surface area contributed by atoms with Crippen molar-refractivity contribution in [2.24, 2.45) is 0 Å². The molecule has 0 bridgehead atoms. The molecule has 0 saturated carbocycles. The van der Waals surface area contributed by atoms with Gasteiger partial charge in [-0.15, -0.1) is 0 Å². The zero-order valence-electron chi connectivity index (χ0n) is 18.6. The summed E-state index contributed by atoms with van der Waals surface area (Å²) in [5.41, 5.74) is 1.18. The Morgan fingerprint density at radius 2 is 1.84 bits per heavy atom. The number of nitrogens with zero attached hydrogens (tertiary/aromatic N) is 2. The van der Waals surface area contributed by atoms with Crippen molar-refractivity contribution in [1.82, 2.24) is 15.2 Å². The maximum atomic E-state index is 13.3. The van der Waals surface area contributed by atoms with E-state index in [1.54, 1.807) is 19.1 Å². The van der Waals surface area contributed by atoms with Gasteiger partial charge in [0.2, 0.25) is 11.8 Å². The average Bonchev–Trinajstić information content (AvgIpc) is 3.26. The number of amides is 2. The highest BCUT2D eigenvalue weighted by Crippen LogP contribution is 2.23. The van der Waals surface area contributed by atoms with Gasteiger partial charge in [-0.25, -0.2) is 4.98 Å². The Morgan fingerprint density at radius 1 is 1.13 bits per heavy atom. The highest BCUT2D eigenvalue weighted by atomic mass is 16.5. The fourth-order valence-corrected chi connectivity index (χ4v) is 3.29. The highest BCUT2D eigenvalue weighted by molar-refractivity contribution is 5.91. The second-order valence-electron chi connectivity index (χ2n) is 7.21. The summed E-state index contributed by atoms with van der Waals surface area (Å²) in [7, 11) is 3.25. The molecule has 8 nitrogen and oxygen atoms in total. The van der Waals surface area contributed by atoms with Crippen LogP contribution in [0.4, 0.5) is 0 Å². The lowest BCUT2D eigenvalue weighted by Crippen LogP contribution is -2.36. The maximum Gasteiger partial charge on any atom is 0.273 e. The highest BCUT2D eigenvalue weighted by Gasteiger charge is 2.26. The quantitative estimate of drug-likeness (QED) is 0.462. The SMILES string of the molecule is CCC(C(=O)N(CCCOC)Cc1nc(C(=O)NCCCOC)co1)c1ccccc1. The van der Waals surface area contributed by atoms with Crippen LogP contribution in [-0.4, -0.2) is 62.2 Å². The molecule has 0 aliphatic rings. The molecule has 31 heavy (non-hydrogen) atoms. The Balaban J connectivity index is 2.07. The summed E-state index contributed by atoms with van der Waals surface area (Å²) >= 11 is 0. The molecule has 0 spiro atoms. The van der Waals surface area contributed by atoms with Crippen LogP contribution in [0.1, 0.15) is 54.0 Å². The number of carbonyl (C=O) groups is 2. The Bertz CT molecular complexity index is 794. The van der Waals surface area contributed by atoms with Crippen LogP contribution >= 0.6 is 0 Å². The maximum absolute atomic E-state index is 13.3. The molecule has 1 N–H and O–H groups in total. The number of carbonyl (C=O) groups excluding carboxylic acids is 2. The van der Waals surface area contributed by atoms with Crippen LogP contribution in [0.25, 0.3) is 0 Å². The van der Waals surface area contributed by atoms with Crippen LogP contribution in [0.15, 0.2) is 41.0 Å². The number of oxazole rings is 1. The smallest absolute Gasteiger partial charge is 0.273 e. The van der Waals surface area contributed by atoms with E-state index in [2.05, 4.69) is 10.3 Å². The number of hydrogen-bond donors (Lipinski definition) is 1. The molecule has 0 radical (unpaired) electrons. The third-order valence-electron chi connectivity index (χ3n) is 4.92. The standard InChI is InChI=1S/C23H33N3O5/c1-4-19(18-10-6-5-7-11-18)23(28)26(13-9-15-30-3)16-21-25-20(17-31-21)22(27)24-12-8-14-29-2/h5-7,10-11,17,19H,4,8-9,12-16H2,1-3H3,(H,24,27). The van der Waals surface area contributed by atoms with Crippen LogP contribution in [-0.2, 0) is 20.8 Å². The van der Waals surface area contributed by atoms with Crippen molar-refractivity contribution in [2.45, 2.75) is 38.6 Å². The van der Waals surface area contributed by atoms with E-state index in [1.807, 2.05) is 37.3 Å². The third kappa shape index (κ3) is 7.80. The fourth-order valence-electron chi connectivity index (χ4n) is 3.29. The van der Waals surface area contributed by atoms with Gasteiger partial charge in [0.25, 0.3) is 5.91 Å². The molecule has 1 atom stereocenters. The van der Waals surface area contributed by atoms with Gasteiger partial charge in [-0.3, -0.25) is 9.59 Å². The summed E-state index contributed by atoms with van der Waals surface area (Å²) < 4.78 is 15.6. The number of methoxy groups -OCH3 is 2. The van der Waals surface area contributed by atoms with Gasteiger partial charge in [-0.05, 0) is 24.8 Å². The predicted octanol–water partition coefficient (Wildman–Crippen LogP) is 3.00. The first-order valence-electron chi connectivity index (χ1n) is 10.6. The minimum atomic E-state index is -0.306. The Morgan fingerprint density at radius 3 is 2.52 bits per heavy atom. The van der Waals surface area contributed by atoms with E-state index in [4.69, 9.17) is 13.9 Å². The average molecular weight is 432 g/mol. The van der Waals surface area contributed by atoms with Crippen molar-refractivity contribution < 1.29 is 23.5 Å². The molecule has 1 aromatic carbocycles. The van der Waals surface area contributed by atoms with Gasteiger partial charge in [0.05, 0.1) is 12.5 Å². The molecule has 1 unspecified atom stereocenters. The first-order chi connectivity index (χ1) is 15.1. The molecule has 0 aliphatic carbocycles. The molecule has 0 fully saturated rings. The molecule has 2 aromatic rings. The number of nitrogens with one attached hydrogen (secondary N) is 1. The predicted molar refractivity (Wildman–Crippen MR) is 117 cm³/mol. The second kappa shape index (κ2) is 13.6. The monoisotopic (exact) mass is 431 g/mol. The summed E-state index contributed by atoms with van der Waals surface area (Å²) in [6.07, 6.45) is 3.42. The molecular formula is C23H33N3O5. The van der Waals surface area contributed by atoms with E-state index in [-0.39, 0.29) is 30.0 Å². The molecule has 8 heteroatoms.